The summed E-state index contributed by atoms with van der Waals surface area (Å²) in [7, 11) is 0. The molecule has 1 saturated carbocycles. The fraction of sp³-hybridized carbons (Fsp3) is 0.308. The molecule has 1 aliphatic carbocycles. The van der Waals surface area contributed by atoms with Gasteiger partial charge in [0.2, 0.25) is 0 Å². The van der Waals surface area contributed by atoms with Crippen LogP contribution < -0.4 is 0 Å². The molecule has 1 fully saturated rings. The molecule has 0 aromatic heterocycles. The Morgan fingerprint density at radius 2 is 1.37 bits per heavy atom. The van der Waals surface area contributed by atoms with Gasteiger partial charge in [0.1, 0.15) is 5.82 Å². The minimum absolute atomic E-state index is 0.159. The second kappa shape index (κ2) is 8.08. The van der Waals surface area contributed by atoms with Gasteiger partial charge in [-0.1, -0.05) is 86.8 Å². The van der Waals surface area contributed by atoms with Crippen LogP contribution >= 0.6 is 0 Å². The predicted octanol–water partition coefficient (Wildman–Crippen LogP) is 7.77. The van der Waals surface area contributed by atoms with E-state index in [1.54, 1.807) is 6.07 Å². The summed E-state index contributed by atoms with van der Waals surface area (Å²) in [6.45, 7) is 2.13. The lowest BCUT2D eigenvalue weighted by Gasteiger charge is -2.22. The summed E-state index contributed by atoms with van der Waals surface area (Å²) in [4.78, 5) is 0. The van der Waals surface area contributed by atoms with Crippen LogP contribution in [0.4, 0.5) is 4.39 Å². The zero-order valence-electron chi connectivity index (χ0n) is 16.0. The molecular formula is C26H27F. The Morgan fingerprint density at radius 1 is 0.741 bits per heavy atom. The lowest BCUT2D eigenvalue weighted by atomic mass is 9.83. The van der Waals surface area contributed by atoms with Crippen LogP contribution in [0.3, 0.4) is 0 Å². The summed E-state index contributed by atoms with van der Waals surface area (Å²) in [5.74, 6) is 0.547. The molecule has 27 heavy (non-hydrogen) atoms. The first-order valence-corrected chi connectivity index (χ1v) is 10.2. The highest BCUT2D eigenvalue weighted by Crippen LogP contribution is 2.34. The van der Waals surface area contributed by atoms with Crippen molar-refractivity contribution in [3.63, 3.8) is 0 Å². The smallest absolute Gasteiger partial charge is 0.131 e. The van der Waals surface area contributed by atoms with Gasteiger partial charge in [0, 0.05) is 5.56 Å². The molecule has 0 radical (unpaired) electrons. The first-order chi connectivity index (χ1) is 13.2. The average molecular weight is 358 g/mol. The molecule has 0 spiro atoms. The fourth-order valence-electron chi connectivity index (χ4n) is 4.23. The molecule has 0 unspecified atom stereocenters. The van der Waals surface area contributed by atoms with Crippen molar-refractivity contribution in [2.45, 2.75) is 51.4 Å². The molecule has 0 saturated heterocycles. The first-order valence-electron chi connectivity index (χ1n) is 10.2. The van der Waals surface area contributed by atoms with E-state index in [9.17, 15) is 4.39 Å². The van der Waals surface area contributed by atoms with E-state index in [0.717, 1.165) is 23.1 Å². The van der Waals surface area contributed by atoms with E-state index in [1.807, 2.05) is 24.3 Å². The zero-order chi connectivity index (χ0) is 18.6. The first kappa shape index (κ1) is 18.0. The Hall–Kier alpha value is -2.41. The molecule has 1 aliphatic rings. The Kier molecular flexibility index (Phi) is 5.38. The molecule has 3 aromatic rings. The third-order valence-electron chi connectivity index (χ3n) is 5.96. The Balaban J connectivity index is 1.56. The minimum Gasteiger partial charge on any atom is -0.206 e. The van der Waals surface area contributed by atoms with Gasteiger partial charge in [0.25, 0.3) is 0 Å². The number of benzene rings is 3. The van der Waals surface area contributed by atoms with Crippen molar-refractivity contribution >= 4 is 0 Å². The molecule has 0 aliphatic heterocycles. The van der Waals surface area contributed by atoms with Crippen LogP contribution in [0.25, 0.3) is 22.3 Å². The van der Waals surface area contributed by atoms with Gasteiger partial charge in [-0.25, -0.2) is 4.39 Å². The topological polar surface area (TPSA) is 0 Å². The maximum Gasteiger partial charge on any atom is 0.131 e. The van der Waals surface area contributed by atoms with E-state index in [4.69, 9.17) is 0 Å². The molecule has 0 amide bonds. The second-order valence-corrected chi connectivity index (χ2v) is 7.70. The van der Waals surface area contributed by atoms with Gasteiger partial charge in [-0.05, 0) is 59.1 Å². The van der Waals surface area contributed by atoms with Crippen molar-refractivity contribution in [1.82, 2.24) is 0 Å². The summed E-state index contributed by atoms with van der Waals surface area (Å²) in [5, 5.41) is 0. The third-order valence-corrected chi connectivity index (χ3v) is 5.96. The van der Waals surface area contributed by atoms with E-state index in [2.05, 4.69) is 43.3 Å². The van der Waals surface area contributed by atoms with Crippen LogP contribution in [0.2, 0.25) is 0 Å². The summed E-state index contributed by atoms with van der Waals surface area (Å²) in [5.41, 5.74) is 6.34. The standard InChI is InChI=1S/C26H27F/c1-2-19-8-10-23(11-9-19)25-17-16-24(18-26(25)27)22-14-12-21(13-15-22)20-6-4-3-5-7-20/h8-18,20H,2-7H2,1H3. The molecule has 0 N–H and O–H groups in total. The van der Waals surface area contributed by atoms with Crippen LogP contribution in [0.15, 0.2) is 66.7 Å². The van der Waals surface area contributed by atoms with Crippen molar-refractivity contribution in [3.05, 3.63) is 83.7 Å². The molecule has 1 heteroatoms. The Bertz CT molecular complexity index is 884. The molecule has 4 rings (SSSR count). The van der Waals surface area contributed by atoms with Gasteiger partial charge in [-0.3, -0.25) is 0 Å². The third kappa shape index (κ3) is 3.98. The normalized spacial score (nSPS) is 15.0. The van der Waals surface area contributed by atoms with Gasteiger partial charge in [0.05, 0.1) is 0 Å². The van der Waals surface area contributed by atoms with E-state index in [1.165, 1.54) is 43.2 Å². The fourth-order valence-corrected chi connectivity index (χ4v) is 4.23. The van der Waals surface area contributed by atoms with Crippen LogP contribution in [0.1, 0.15) is 56.1 Å². The lowest BCUT2D eigenvalue weighted by molar-refractivity contribution is 0.443. The van der Waals surface area contributed by atoms with E-state index >= 15 is 0 Å². The van der Waals surface area contributed by atoms with Crippen molar-refractivity contribution in [1.29, 1.82) is 0 Å². The van der Waals surface area contributed by atoms with Crippen LogP contribution in [0.5, 0.6) is 0 Å². The van der Waals surface area contributed by atoms with Crippen molar-refractivity contribution in [3.8, 4) is 22.3 Å². The number of hydrogen-bond acceptors (Lipinski definition) is 0. The van der Waals surface area contributed by atoms with Crippen molar-refractivity contribution in [2.24, 2.45) is 0 Å². The minimum atomic E-state index is -0.159. The van der Waals surface area contributed by atoms with E-state index in [-0.39, 0.29) is 5.82 Å². The highest BCUT2D eigenvalue weighted by atomic mass is 19.1. The largest absolute Gasteiger partial charge is 0.206 e. The highest BCUT2D eigenvalue weighted by Gasteiger charge is 2.15. The van der Waals surface area contributed by atoms with E-state index < -0.39 is 0 Å². The van der Waals surface area contributed by atoms with Gasteiger partial charge >= 0.3 is 0 Å². The monoisotopic (exact) mass is 358 g/mol. The van der Waals surface area contributed by atoms with Crippen LogP contribution in [-0.4, -0.2) is 0 Å². The number of rotatable bonds is 4. The van der Waals surface area contributed by atoms with Gasteiger partial charge < -0.3 is 0 Å². The van der Waals surface area contributed by atoms with Crippen molar-refractivity contribution < 1.29 is 4.39 Å². The summed E-state index contributed by atoms with van der Waals surface area (Å²) >= 11 is 0. The molecule has 0 atom stereocenters. The predicted molar refractivity (Wildman–Crippen MR) is 112 cm³/mol. The van der Waals surface area contributed by atoms with Gasteiger partial charge in [-0.15, -0.1) is 0 Å². The molecule has 3 aromatic carbocycles. The number of aryl methyl sites for hydroxylation is 1. The number of halogens is 1. The molecule has 0 nitrogen and oxygen atoms in total. The van der Waals surface area contributed by atoms with Crippen LogP contribution in [-0.2, 0) is 6.42 Å². The highest BCUT2D eigenvalue weighted by molar-refractivity contribution is 5.71. The second-order valence-electron chi connectivity index (χ2n) is 7.70. The molecule has 0 heterocycles. The van der Waals surface area contributed by atoms with Crippen LogP contribution in [0, 0.1) is 5.82 Å². The quantitative estimate of drug-likeness (QED) is 0.447. The van der Waals surface area contributed by atoms with Gasteiger partial charge in [-0.2, -0.15) is 0 Å². The SMILES string of the molecule is CCc1ccc(-c2ccc(-c3ccc(C4CCCCC4)cc3)cc2F)cc1. The number of hydrogen-bond donors (Lipinski definition) is 0. The summed E-state index contributed by atoms with van der Waals surface area (Å²) < 4.78 is 14.8. The maximum absolute atomic E-state index is 14.8. The Morgan fingerprint density at radius 3 is 2.00 bits per heavy atom. The summed E-state index contributed by atoms with van der Waals surface area (Å²) in [6, 6.07) is 22.5. The molecular weight excluding hydrogens is 331 g/mol. The Labute approximate surface area is 162 Å². The average Bonchev–Trinajstić information content (AvgIpc) is 2.74. The molecule has 138 valence electrons. The summed E-state index contributed by atoms with van der Waals surface area (Å²) in [6.07, 6.45) is 7.68. The maximum atomic E-state index is 14.8. The van der Waals surface area contributed by atoms with E-state index in [0.29, 0.717) is 11.5 Å². The van der Waals surface area contributed by atoms with Gasteiger partial charge in [0.15, 0.2) is 0 Å². The molecule has 0 bridgehead atoms. The van der Waals surface area contributed by atoms with Crippen molar-refractivity contribution in [2.75, 3.05) is 0 Å². The lowest BCUT2D eigenvalue weighted by Crippen LogP contribution is -2.04. The zero-order valence-corrected chi connectivity index (χ0v) is 16.0.